The fourth-order valence-electron chi connectivity index (χ4n) is 1.63. The van der Waals surface area contributed by atoms with Crippen LogP contribution in [0.2, 0.25) is 0 Å². The van der Waals surface area contributed by atoms with Crippen LogP contribution in [-0.2, 0) is 9.53 Å². The highest BCUT2D eigenvalue weighted by Crippen LogP contribution is 2.20. The lowest BCUT2D eigenvalue weighted by Crippen LogP contribution is -2.18. The van der Waals surface area contributed by atoms with Crippen molar-refractivity contribution < 1.29 is 9.53 Å². The highest BCUT2D eigenvalue weighted by Gasteiger charge is 2.10. The van der Waals surface area contributed by atoms with Crippen LogP contribution in [0.5, 0.6) is 0 Å². The summed E-state index contributed by atoms with van der Waals surface area (Å²) in [5.74, 6) is 0.260. The Balaban J connectivity index is 2.56. The maximum Gasteiger partial charge on any atom is 0.224 e. The molecule has 0 heterocycles. The van der Waals surface area contributed by atoms with Gasteiger partial charge in [0.2, 0.25) is 5.91 Å². The fraction of sp³-hybridized carbons (Fsp3) is 0.462. The zero-order chi connectivity index (χ0) is 12.8. The van der Waals surface area contributed by atoms with Gasteiger partial charge in [-0.25, -0.2) is 0 Å². The normalized spacial score (nSPS) is 12.2. The summed E-state index contributed by atoms with van der Waals surface area (Å²) >= 11 is 3.39. The lowest BCUT2D eigenvalue weighted by molar-refractivity contribution is -0.117. The van der Waals surface area contributed by atoms with E-state index in [4.69, 9.17) is 4.74 Å². The van der Waals surface area contributed by atoms with Gasteiger partial charge in [-0.1, -0.05) is 22.9 Å². The molecule has 1 aromatic carbocycles. The molecule has 0 aliphatic heterocycles. The molecule has 1 atom stereocenters. The van der Waals surface area contributed by atoms with Gasteiger partial charge in [0.05, 0.1) is 0 Å². The van der Waals surface area contributed by atoms with Gasteiger partial charge in [0.1, 0.15) is 0 Å². The maximum absolute atomic E-state index is 11.8. The summed E-state index contributed by atoms with van der Waals surface area (Å²) in [6.45, 7) is 4.57. The molecule has 0 spiro atoms. The smallest absolute Gasteiger partial charge is 0.224 e. The number of nitrogens with one attached hydrogen (secondary N) is 1. The van der Waals surface area contributed by atoms with E-state index in [1.165, 1.54) is 0 Å². The van der Waals surface area contributed by atoms with Gasteiger partial charge in [0.25, 0.3) is 0 Å². The summed E-state index contributed by atoms with van der Waals surface area (Å²) in [6, 6.07) is 5.80. The Labute approximate surface area is 111 Å². The van der Waals surface area contributed by atoms with Crippen molar-refractivity contribution in [3.05, 3.63) is 28.2 Å². The SMILES string of the molecule is COCC(C)CC(=O)Nc1ccc(Br)cc1C. The summed E-state index contributed by atoms with van der Waals surface area (Å²) in [5, 5.41) is 2.91. The number of carbonyl (C=O) groups is 1. The molecular weight excluding hydrogens is 282 g/mol. The number of rotatable bonds is 5. The fourth-order valence-corrected chi connectivity index (χ4v) is 2.10. The number of carbonyl (C=O) groups excluding carboxylic acids is 1. The molecule has 1 N–H and O–H groups in total. The van der Waals surface area contributed by atoms with Gasteiger partial charge >= 0.3 is 0 Å². The molecule has 0 bridgehead atoms. The Kier molecular flexibility index (Phi) is 5.65. The second kappa shape index (κ2) is 6.77. The van der Waals surface area contributed by atoms with Crippen molar-refractivity contribution in [3.8, 4) is 0 Å². The van der Waals surface area contributed by atoms with Crippen molar-refractivity contribution in [3.63, 3.8) is 0 Å². The predicted molar refractivity (Wildman–Crippen MR) is 73.2 cm³/mol. The molecule has 1 aromatic rings. The van der Waals surface area contributed by atoms with E-state index in [1.54, 1.807) is 7.11 Å². The molecule has 0 aliphatic carbocycles. The Morgan fingerprint density at radius 1 is 1.53 bits per heavy atom. The highest BCUT2D eigenvalue weighted by molar-refractivity contribution is 9.10. The lowest BCUT2D eigenvalue weighted by atomic mass is 10.1. The first kappa shape index (κ1) is 14.2. The van der Waals surface area contributed by atoms with Gasteiger partial charge in [-0.2, -0.15) is 0 Å². The number of hydrogen-bond acceptors (Lipinski definition) is 2. The van der Waals surface area contributed by atoms with E-state index in [-0.39, 0.29) is 11.8 Å². The van der Waals surface area contributed by atoms with Crippen LogP contribution in [0.1, 0.15) is 18.9 Å². The minimum atomic E-state index is 0.0278. The molecule has 17 heavy (non-hydrogen) atoms. The maximum atomic E-state index is 11.8. The quantitative estimate of drug-likeness (QED) is 0.905. The Hall–Kier alpha value is -0.870. The largest absolute Gasteiger partial charge is 0.384 e. The molecule has 1 rings (SSSR count). The average Bonchev–Trinajstić information content (AvgIpc) is 2.22. The van der Waals surface area contributed by atoms with E-state index in [0.29, 0.717) is 13.0 Å². The van der Waals surface area contributed by atoms with E-state index in [1.807, 2.05) is 32.0 Å². The van der Waals surface area contributed by atoms with Crippen LogP contribution in [0.25, 0.3) is 0 Å². The number of ether oxygens (including phenoxy) is 1. The first-order chi connectivity index (χ1) is 8.02. The molecule has 0 aromatic heterocycles. The molecule has 3 nitrogen and oxygen atoms in total. The van der Waals surface area contributed by atoms with Crippen LogP contribution in [-0.4, -0.2) is 19.6 Å². The van der Waals surface area contributed by atoms with Crippen molar-refractivity contribution >= 4 is 27.5 Å². The molecule has 0 saturated heterocycles. The summed E-state index contributed by atoms with van der Waals surface area (Å²) in [6.07, 6.45) is 0.476. The van der Waals surface area contributed by atoms with Crippen molar-refractivity contribution in [1.29, 1.82) is 0 Å². The highest BCUT2D eigenvalue weighted by atomic mass is 79.9. The second-order valence-electron chi connectivity index (χ2n) is 4.27. The Morgan fingerprint density at radius 2 is 2.24 bits per heavy atom. The van der Waals surface area contributed by atoms with Crippen LogP contribution in [0.3, 0.4) is 0 Å². The first-order valence-electron chi connectivity index (χ1n) is 5.58. The molecule has 0 aliphatic rings. The first-order valence-corrected chi connectivity index (χ1v) is 6.37. The third kappa shape index (κ3) is 4.88. The molecule has 94 valence electrons. The van der Waals surface area contributed by atoms with Gasteiger partial charge < -0.3 is 10.1 Å². The van der Waals surface area contributed by atoms with Crippen LogP contribution in [0, 0.1) is 12.8 Å². The number of hydrogen-bond donors (Lipinski definition) is 1. The summed E-state index contributed by atoms with van der Waals surface area (Å²) in [5.41, 5.74) is 1.91. The molecule has 0 radical (unpaired) electrons. The van der Waals surface area contributed by atoms with Crippen molar-refractivity contribution in [2.75, 3.05) is 19.0 Å². The zero-order valence-electron chi connectivity index (χ0n) is 10.4. The lowest BCUT2D eigenvalue weighted by Gasteiger charge is -2.12. The van der Waals surface area contributed by atoms with Crippen molar-refractivity contribution in [2.45, 2.75) is 20.3 Å². The molecule has 4 heteroatoms. The Morgan fingerprint density at radius 3 is 2.82 bits per heavy atom. The van der Waals surface area contributed by atoms with E-state index in [2.05, 4.69) is 21.2 Å². The number of anilines is 1. The number of halogens is 1. The third-order valence-electron chi connectivity index (χ3n) is 2.45. The van der Waals surface area contributed by atoms with Gasteiger partial charge in [0, 0.05) is 30.3 Å². The second-order valence-corrected chi connectivity index (χ2v) is 5.19. The van der Waals surface area contributed by atoms with Gasteiger partial charge in [0.15, 0.2) is 0 Å². The molecule has 0 fully saturated rings. The van der Waals surface area contributed by atoms with Crippen LogP contribution in [0.15, 0.2) is 22.7 Å². The zero-order valence-corrected chi connectivity index (χ0v) is 12.0. The van der Waals surface area contributed by atoms with Crippen molar-refractivity contribution in [2.24, 2.45) is 5.92 Å². The number of amides is 1. The summed E-state index contributed by atoms with van der Waals surface area (Å²) < 4.78 is 6.02. The molecular formula is C13H18BrNO2. The molecule has 1 amide bonds. The summed E-state index contributed by atoms with van der Waals surface area (Å²) in [4.78, 5) is 11.8. The third-order valence-corrected chi connectivity index (χ3v) is 2.94. The Bertz CT molecular complexity index is 393. The minimum Gasteiger partial charge on any atom is -0.384 e. The number of methoxy groups -OCH3 is 1. The van der Waals surface area contributed by atoms with Crippen molar-refractivity contribution in [1.82, 2.24) is 0 Å². The van der Waals surface area contributed by atoms with Gasteiger partial charge in [-0.05, 0) is 36.6 Å². The van der Waals surface area contributed by atoms with E-state index < -0.39 is 0 Å². The number of benzene rings is 1. The van der Waals surface area contributed by atoms with Crippen LogP contribution in [0.4, 0.5) is 5.69 Å². The van der Waals surface area contributed by atoms with Crippen LogP contribution < -0.4 is 5.32 Å². The van der Waals surface area contributed by atoms with Gasteiger partial charge in [-0.3, -0.25) is 4.79 Å². The summed E-state index contributed by atoms with van der Waals surface area (Å²) in [7, 11) is 1.65. The number of aryl methyl sites for hydroxylation is 1. The van der Waals surface area contributed by atoms with E-state index >= 15 is 0 Å². The molecule has 0 saturated carbocycles. The van der Waals surface area contributed by atoms with Gasteiger partial charge in [-0.15, -0.1) is 0 Å². The van der Waals surface area contributed by atoms with E-state index in [9.17, 15) is 4.79 Å². The predicted octanol–water partition coefficient (Wildman–Crippen LogP) is 3.37. The standard InChI is InChI=1S/C13H18BrNO2/c1-9(8-17-3)6-13(16)15-12-5-4-11(14)7-10(12)2/h4-5,7,9H,6,8H2,1-3H3,(H,15,16). The van der Waals surface area contributed by atoms with Crippen LogP contribution >= 0.6 is 15.9 Å². The molecule has 1 unspecified atom stereocenters. The van der Waals surface area contributed by atoms with E-state index in [0.717, 1.165) is 15.7 Å². The minimum absolute atomic E-state index is 0.0278. The topological polar surface area (TPSA) is 38.3 Å². The monoisotopic (exact) mass is 299 g/mol. The average molecular weight is 300 g/mol.